The van der Waals surface area contributed by atoms with Gasteiger partial charge in [-0.25, -0.2) is 4.79 Å². The number of fused-ring (bicyclic) bond motifs is 6. The maximum absolute atomic E-state index is 12.1. The Balaban J connectivity index is 0.000000213. The monoisotopic (exact) mass is 821 g/mol. The molecular formula is C39H39N3O13S2. The molecule has 0 spiro atoms. The third-order valence-electron chi connectivity index (χ3n) is 9.22. The van der Waals surface area contributed by atoms with Gasteiger partial charge in [0.25, 0.3) is 21.9 Å². The lowest BCUT2D eigenvalue weighted by Gasteiger charge is -2.17. The number of esters is 1. The molecule has 2 atom stereocenters. The molecule has 57 heavy (non-hydrogen) atoms. The van der Waals surface area contributed by atoms with Crippen LogP contribution in [0.5, 0.6) is 0 Å². The first-order chi connectivity index (χ1) is 27.1. The fourth-order valence-corrected chi connectivity index (χ4v) is 7.42. The highest BCUT2D eigenvalue weighted by molar-refractivity contribution is 7.85. The van der Waals surface area contributed by atoms with E-state index in [-0.39, 0.29) is 36.2 Å². The van der Waals surface area contributed by atoms with Gasteiger partial charge in [-0.05, 0) is 94.8 Å². The zero-order valence-electron chi connectivity index (χ0n) is 31.0. The number of carbonyl (C=O) groups is 4. The first-order valence-corrected chi connectivity index (χ1v) is 20.1. The van der Waals surface area contributed by atoms with Crippen molar-refractivity contribution < 1.29 is 59.1 Å². The van der Waals surface area contributed by atoms with Gasteiger partial charge in [0.2, 0.25) is 0 Å². The number of rotatable bonds is 10. The van der Waals surface area contributed by atoms with Crippen molar-refractivity contribution in [3.05, 3.63) is 101 Å². The molecule has 4 aromatic rings. The third kappa shape index (κ3) is 10.0. The van der Waals surface area contributed by atoms with Crippen molar-refractivity contribution in [1.82, 2.24) is 5.06 Å². The summed E-state index contributed by atoms with van der Waals surface area (Å²) in [6.07, 6.45) is -1.31. The van der Waals surface area contributed by atoms with Gasteiger partial charge in [0.05, 0.1) is 4.90 Å². The lowest BCUT2D eigenvalue weighted by Crippen LogP contribution is -2.32. The second-order valence-corrected chi connectivity index (χ2v) is 14.7. The number of anilines is 2. The van der Waals surface area contributed by atoms with Crippen LogP contribution in [0.4, 0.5) is 16.2 Å². The number of benzene rings is 4. The van der Waals surface area contributed by atoms with Crippen LogP contribution in [-0.2, 0) is 49.4 Å². The zero-order valence-corrected chi connectivity index (χ0v) is 32.6. The summed E-state index contributed by atoms with van der Waals surface area (Å²) in [5.74, 6) is -1.92. The average molecular weight is 822 g/mol. The van der Waals surface area contributed by atoms with Crippen molar-refractivity contribution in [3.8, 4) is 22.3 Å². The van der Waals surface area contributed by atoms with Crippen molar-refractivity contribution in [2.24, 2.45) is 0 Å². The Kier molecular flexibility index (Phi) is 13.4. The zero-order chi connectivity index (χ0) is 41.4. The van der Waals surface area contributed by atoms with Crippen molar-refractivity contribution in [3.63, 3.8) is 0 Å². The number of nitrogens with one attached hydrogen (secondary N) is 2. The van der Waals surface area contributed by atoms with E-state index in [0.29, 0.717) is 23.8 Å². The van der Waals surface area contributed by atoms with Crippen LogP contribution >= 0.6 is 0 Å². The van der Waals surface area contributed by atoms with Gasteiger partial charge in [-0.1, -0.05) is 47.5 Å². The minimum atomic E-state index is -4.44. The Morgan fingerprint density at radius 1 is 0.719 bits per heavy atom. The molecular weight excluding hydrogens is 783 g/mol. The largest absolute Gasteiger partial charge is 0.533 e. The predicted octanol–water partition coefficient (Wildman–Crippen LogP) is 5.48. The highest BCUT2D eigenvalue weighted by Crippen LogP contribution is 2.47. The highest BCUT2D eigenvalue weighted by atomic mass is 32.2. The second kappa shape index (κ2) is 18.2. The summed E-state index contributed by atoms with van der Waals surface area (Å²) in [4.78, 5) is 51.0. The Labute approximate surface area is 329 Å². The molecule has 1 aliphatic heterocycles. The molecule has 2 amide bonds. The summed E-state index contributed by atoms with van der Waals surface area (Å²) >= 11 is 0. The van der Waals surface area contributed by atoms with Crippen LogP contribution in [0.3, 0.4) is 0 Å². The topological polar surface area (TPSA) is 229 Å². The summed E-state index contributed by atoms with van der Waals surface area (Å²) in [6.45, 7) is 7.21. The fourth-order valence-electron chi connectivity index (χ4n) is 6.91. The van der Waals surface area contributed by atoms with Gasteiger partial charge in [-0.3, -0.25) is 23.8 Å². The number of imide groups is 1. The molecule has 0 bridgehead atoms. The van der Waals surface area contributed by atoms with Gasteiger partial charge >= 0.3 is 22.7 Å². The number of hydrogen-bond donors (Lipinski definition) is 3. The van der Waals surface area contributed by atoms with E-state index in [0.717, 1.165) is 34.6 Å². The third-order valence-corrected chi connectivity index (χ3v) is 10.1. The maximum Gasteiger partial charge on any atom is 0.533 e. The first kappa shape index (κ1) is 42.0. The van der Waals surface area contributed by atoms with E-state index in [1.54, 1.807) is 6.07 Å². The van der Waals surface area contributed by atoms with Crippen LogP contribution in [0.15, 0.2) is 83.8 Å². The van der Waals surface area contributed by atoms with Crippen LogP contribution in [0, 0.1) is 0 Å². The van der Waals surface area contributed by atoms with Gasteiger partial charge < -0.3 is 20.1 Å². The van der Waals surface area contributed by atoms with Crippen molar-refractivity contribution in [1.29, 1.82) is 0 Å². The molecule has 0 radical (unpaired) electrons. The van der Waals surface area contributed by atoms with Crippen molar-refractivity contribution >= 4 is 56.0 Å². The molecule has 0 aromatic heterocycles. The fraction of sp³-hybridized carbons (Fsp3) is 0.282. The first-order valence-electron chi connectivity index (χ1n) is 17.7. The molecule has 2 unspecified atom stereocenters. The number of amides is 2. The van der Waals surface area contributed by atoms with E-state index >= 15 is 0 Å². The minimum absolute atomic E-state index is 0.0406. The number of carbonyl (C=O) groups excluding carboxylic acids is 4. The van der Waals surface area contributed by atoms with E-state index in [4.69, 9.17) is 26.9 Å². The summed E-state index contributed by atoms with van der Waals surface area (Å²) in [6, 6.07) is 24.6. The van der Waals surface area contributed by atoms with Crippen molar-refractivity contribution in [2.45, 2.75) is 50.3 Å². The van der Waals surface area contributed by atoms with Crippen LogP contribution in [-0.4, -0.2) is 80.9 Å². The van der Waals surface area contributed by atoms with E-state index in [9.17, 15) is 32.1 Å². The Morgan fingerprint density at radius 3 is 1.68 bits per heavy atom. The van der Waals surface area contributed by atoms with Gasteiger partial charge in [-0.2, -0.15) is 8.42 Å². The molecule has 3 aliphatic rings. The Hall–Kier alpha value is -6.11. The van der Waals surface area contributed by atoms with E-state index < -0.39 is 44.6 Å². The van der Waals surface area contributed by atoms with Gasteiger partial charge in [-0.15, -0.1) is 12.6 Å². The normalized spacial score (nSPS) is 15.7. The van der Waals surface area contributed by atoms with Gasteiger partial charge in [0, 0.05) is 56.1 Å². The Morgan fingerprint density at radius 2 is 1.18 bits per heavy atom. The van der Waals surface area contributed by atoms with E-state index in [1.807, 2.05) is 31.2 Å². The molecule has 16 nitrogen and oxygen atoms in total. The predicted molar refractivity (Wildman–Crippen MR) is 205 cm³/mol. The van der Waals surface area contributed by atoms with Crippen LogP contribution in [0.2, 0.25) is 0 Å². The molecule has 1 heterocycles. The smallest absolute Gasteiger partial charge is 0.465 e. The van der Waals surface area contributed by atoms with Crippen molar-refractivity contribution in [2.75, 3.05) is 36.9 Å². The maximum atomic E-state index is 12.1. The SMILES string of the molecule is CCNc1ccc2c(c1)C(COC(=O)ON1C(=O)CCC1=O)c1cc(S(=O)(=O)O)ccc1-2.CCNc1ccc2c(c1)C(COC(C)=O)c1ccccc1-2.O=S(=O)=O. The molecule has 1 saturated heterocycles. The molecule has 1 fully saturated rings. The van der Waals surface area contributed by atoms with Crippen LogP contribution < -0.4 is 10.6 Å². The highest BCUT2D eigenvalue weighted by Gasteiger charge is 2.35. The Bertz CT molecular complexity index is 2420. The summed E-state index contributed by atoms with van der Waals surface area (Å²) in [5.41, 5.74) is 9.79. The standard InChI is InChI=1S/C21H20N2O8S.C18H19NO2.O3S/c1-2-22-12-3-5-14-15-6-4-13(32(27,28)29)10-17(15)18(16(14)9-12)11-30-21(26)31-23-19(24)7-8-20(23)25;1-3-19-13-8-9-16-14-6-4-5-7-15(14)18(17(16)10-13)11-21-12(2)20;1-4(2)3/h3-6,9-10,18,22H,2,7-8,11H2,1H3,(H,27,28,29);4-10,18-19H,3,11H2,1-2H3;. The molecule has 7 rings (SSSR count). The van der Waals surface area contributed by atoms with Gasteiger partial charge in [0.1, 0.15) is 13.2 Å². The molecule has 300 valence electrons. The number of hydroxylamine groups is 2. The summed E-state index contributed by atoms with van der Waals surface area (Å²) in [7, 11) is -7.55. The number of ether oxygens (including phenoxy) is 2. The van der Waals surface area contributed by atoms with Crippen LogP contribution in [0.1, 0.15) is 67.7 Å². The second-order valence-electron chi connectivity index (χ2n) is 12.8. The molecule has 2 aliphatic carbocycles. The lowest BCUT2D eigenvalue weighted by atomic mass is 9.97. The minimum Gasteiger partial charge on any atom is -0.465 e. The molecule has 18 heteroatoms. The van der Waals surface area contributed by atoms with Gasteiger partial charge in [0.15, 0.2) is 0 Å². The molecule has 0 saturated carbocycles. The molecule has 4 aromatic carbocycles. The quantitative estimate of drug-likeness (QED) is 0.102. The van der Waals surface area contributed by atoms with E-state index in [1.165, 1.54) is 41.3 Å². The van der Waals surface area contributed by atoms with E-state index in [2.05, 4.69) is 54.0 Å². The summed E-state index contributed by atoms with van der Waals surface area (Å²) in [5, 5.41) is 6.92. The lowest BCUT2D eigenvalue weighted by molar-refractivity contribution is -0.177. The number of nitrogens with zero attached hydrogens (tertiary/aromatic N) is 1. The molecule has 3 N–H and O–H groups in total. The number of hydrogen-bond acceptors (Lipinski definition) is 14. The van der Waals surface area contributed by atoms with Crippen LogP contribution in [0.25, 0.3) is 22.3 Å². The average Bonchev–Trinajstić information content (AvgIpc) is 3.76. The summed E-state index contributed by atoms with van der Waals surface area (Å²) < 4.78 is 68.5.